The van der Waals surface area contributed by atoms with Crippen LogP contribution < -0.4 is 5.32 Å². The van der Waals surface area contributed by atoms with E-state index in [1.54, 1.807) is 24.1 Å². The van der Waals surface area contributed by atoms with Crippen LogP contribution in [-0.4, -0.2) is 37.2 Å². The fraction of sp³-hybridized carbons (Fsp3) is 0.632. The van der Waals surface area contributed by atoms with Gasteiger partial charge in [0.2, 0.25) is 0 Å². The summed E-state index contributed by atoms with van der Waals surface area (Å²) >= 11 is 0. The number of halogens is 1. The first-order valence-electron chi connectivity index (χ1n) is 8.95. The highest BCUT2D eigenvalue weighted by Gasteiger charge is 2.17. The normalized spacial score (nSPS) is 16.6. The van der Waals surface area contributed by atoms with Gasteiger partial charge in [-0.05, 0) is 43.9 Å². The number of benzene rings is 1. The predicted octanol–water partition coefficient (Wildman–Crippen LogP) is 4.27. The van der Waals surface area contributed by atoms with Gasteiger partial charge in [0.1, 0.15) is 5.82 Å². The van der Waals surface area contributed by atoms with E-state index in [1.807, 2.05) is 6.92 Å². The lowest BCUT2D eigenvalue weighted by molar-refractivity contribution is 0.0274. The number of nitrogens with zero attached hydrogens (tertiary/aromatic N) is 1. The van der Waals surface area contributed by atoms with Crippen LogP contribution in [0.3, 0.4) is 0 Å². The Labute approximate surface area is 144 Å². The highest BCUT2D eigenvalue weighted by molar-refractivity contribution is 5.74. The van der Waals surface area contributed by atoms with E-state index in [1.165, 1.54) is 44.2 Å². The Morgan fingerprint density at radius 2 is 1.96 bits per heavy atom. The zero-order chi connectivity index (χ0) is 17.4. The van der Waals surface area contributed by atoms with Gasteiger partial charge in [0, 0.05) is 20.2 Å². The summed E-state index contributed by atoms with van der Waals surface area (Å²) in [5.41, 5.74) is 0.912. The molecule has 4 nitrogen and oxygen atoms in total. The van der Waals surface area contributed by atoms with Crippen molar-refractivity contribution in [1.29, 1.82) is 0 Å². The third kappa shape index (κ3) is 5.78. The molecule has 0 saturated heterocycles. The van der Waals surface area contributed by atoms with E-state index in [-0.39, 0.29) is 17.9 Å². The highest BCUT2D eigenvalue weighted by atomic mass is 19.1. The molecule has 1 aliphatic rings. The van der Waals surface area contributed by atoms with Gasteiger partial charge in [-0.2, -0.15) is 0 Å². The summed E-state index contributed by atoms with van der Waals surface area (Å²) in [5, 5.41) is 2.92. The number of nitrogens with one attached hydrogen (secondary N) is 1. The van der Waals surface area contributed by atoms with E-state index in [2.05, 4.69) is 5.32 Å². The van der Waals surface area contributed by atoms with Gasteiger partial charge < -0.3 is 15.0 Å². The summed E-state index contributed by atoms with van der Waals surface area (Å²) in [5.74, 6) is -0.268. The average molecular weight is 336 g/mol. The first-order valence-corrected chi connectivity index (χ1v) is 8.95. The third-order valence-electron chi connectivity index (χ3n) is 4.76. The quantitative estimate of drug-likeness (QED) is 0.756. The zero-order valence-corrected chi connectivity index (χ0v) is 14.8. The Bertz CT molecular complexity index is 501. The van der Waals surface area contributed by atoms with Gasteiger partial charge in [-0.25, -0.2) is 9.18 Å². The maximum absolute atomic E-state index is 13.0. The lowest BCUT2D eigenvalue weighted by atomic mass is 9.98. The van der Waals surface area contributed by atoms with Gasteiger partial charge in [0.25, 0.3) is 0 Å². The molecule has 0 radical (unpaired) electrons. The maximum atomic E-state index is 13.0. The second-order valence-corrected chi connectivity index (χ2v) is 6.55. The van der Waals surface area contributed by atoms with Crippen molar-refractivity contribution < 1.29 is 13.9 Å². The number of hydrogen-bond donors (Lipinski definition) is 1. The Morgan fingerprint density at radius 1 is 1.29 bits per heavy atom. The number of ether oxygens (including phenoxy) is 1. The van der Waals surface area contributed by atoms with Crippen LogP contribution in [0, 0.1) is 5.82 Å². The number of hydrogen-bond acceptors (Lipinski definition) is 2. The van der Waals surface area contributed by atoms with Crippen molar-refractivity contribution in [1.82, 2.24) is 10.2 Å². The molecule has 1 aliphatic carbocycles. The van der Waals surface area contributed by atoms with E-state index in [4.69, 9.17) is 4.74 Å². The van der Waals surface area contributed by atoms with E-state index in [0.29, 0.717) is 19.3 Å². The maximum Gasteiger partial charge on any atom is 0.317 e. The molecule has 0 heterocycles. The molecule has 1 N–H and O–H groups in total. The molecule has 1 unspecified atom stereocenters. The van der Waals surface area contributed by atoms with Crippen molar-refractivity contribution in [3.05, 3.63) is 35.6 Å². The van der Waals surface area contributed by atoms with Gasteiger partial charge in [-0.3, -0.25) is 0 Å². The van der Waals surface area contributed by atoms with Crippen LogP contribution in [0.4, 0.5) is 9.18 Å². The molecule has 0 spiro atoms. The smallest absolute Gasteiger partial charge is 0.317 e. The molecule has 1 atom stereocenters. The van der Waals surface area contributed by atoms with Crippen LogP contribution in [0.1, 0.15) is 57.1 Å². The molecule has 134 valence electrons. The van der Waals surface area contributed by atoms with Crippen LogP contribution in [-0.2, 0) is 4.74 Å². The molecule has 0 aliphatic heterocycles. The molecule has 5 heteroatoms. The van der Waals surface area contributed by atoms with Crippen molar-refractivity contribution in [2.45, 2.75) is 57.6 Å². The van der Waals surface area contributed by atoms with Gasteiger partial charge in [-0.1, -0.05) is 31.4 Å². The highest BCUT2D eigenvalue weighted by Crippen LogP contribution is 2.20. The molecular formula is C19H29FN2O2. The summed E-state index contributed by atoms with van der Waals surface area (Å²) in [6.07, 6.45) is 7.45. The third-order valence-corrected chi connectivity index (χ3v) is 4.76. The lowest BCUT2D eigenvalue weighted by Crippen LogP contribution is -2.39. The molecule has 1 fully saturated rings. The number of urea groups is 1. The molecule has 1 saturated carbocycles. The minimum absolute atomic E-state index is 0.107. The number of rotatable bonds is 7. The monoisotopic (exact) mass is 336 g/mol. The molecule has 1 aromatic carbocycles. The standard InChI is InChI=1S/C19H29FN2O2/c1-15(16-9-11-17(20)12-10-16)22(2)19(23)21-13-6-14-24-18-7-4-3-5-8-18/h9-12,15,18H,3-8,13-14H2,1-2H3,(H,21,23). The van der Waals surface area contributed by atoms with Crippen molar-refractivity contribution in [2.75, 3.05) is 20.2 Å². The Balaban J connectivity index is 1.64. The molecule has 0 bridgehead atoms. The Morgan fingerprint density at radius 3 is 2.62 bits per heavy atom. The molecule has 0 aromatic heterocycles. The molecule has 1 aromatic rings. The van der Waals surface area contributed by atoms with Crippen LogP contribution in [0.5, 0.6) is 0 Å². The fourth-order valence-electron chi connectivity index (χ4n) is 3.01. The van der Waals surface area contributed by atoms with Crippen LogP contribution in [0.2, 0.25) is 0 Å². The first kappa shape index (κ1) is 18.7. The van der Waals surface area contributed by atoms with Crippen LogP contribution >= 0.6 is 0 Å². The van der Waals surface area contributed by atoms with Crippen LogP contribution in [0.15, 0.2) is 24.3 Å². The summed E-state index contributed by atoms with van der Waals surface area (Å²) in [4.78, 5) is 13.8. The predicted molar refractivity (Wildman–Crippen MR) is 93.4 cm³/mol. The van der Waals surface area contributed by atoms with Crippen LogP contribution in [0.25, 0.3) is 0 Å². The molecular weight excluding hydrogens is 307 g/mol. The number of amides is 2. The van der Waals surface area contributed by atoms with Crippen molar-refractivity contribution >= 4 is 6.03 Å². The SMILES string of the molecule is CC(c1ccc(F)cc1)N(C)C(=O)NCCCOC1CCCCC1. The Kier molecular flexibility index (Phi) is 7.50. The van der Waals surface area contributed by atoms with Crippen molar-refractivity contribution in [3.63, 3.8) is 0 Å². The second kappa shape index (κ2) is 9.62. The largest absolute Gasteiger partial charge is 0.378 e. The summed E-state index contributed by atoms with van der Waals surface area (Å²) in [7, 11) is 1.75. The lowest BCUT2D eigenvalue weighted by Gasteiger charge is -2.26. The average Bonchev–Trinajstić information content (AvgIpc) is 2.61. The first-order chi connectivity index (χ1) is 11.6. The van der Waals surface area contributed by atoms with Gasteiger partial charge in [-0.15, -0.1) is 0 Å². The fourth-order valence-corrected chi connectivity index (χ4v) is 3.01. The number of carbonyl (C=O) groups excluding carboxylic acids is 1. The Hall–Kier alpha value is -1.62. The van der Waals surface area contributed by atoms with E-state index >= 15 is 0 Å². The van der Waals surface area contributed by atoms with Gasteiger partial charge >= 0.3 is 6.03 Å². The zero-order valence-electron chi connectivity index (χ0n) is 14.8. The summed E-state index contributed by atoms with van der Waals surface area (Å²) in [6, 6.07) is 6.03. The second-order valence-electron chi connectivity index (χ2n) is 6.55. The van der Waals surface area contributed by atoms with E-state index in [0.717, 1.165) is 12.0 Å². The molecule has 2 amide bonds. The minimum atomic E-state index is -0.268. The van der Waals surface area contributed by atoms with Gasteiger partial charge in [0.15, 0.2) is 0 Å². The van der Waals surface area contributed by atoms with E-state index in [9.17, 15) is 9.18 Å². The summed E-state index contributed by atoms with van der Waals surface area (Å²) in [6.45, 7) is 3.23. The topological polar surface area (TPSA) is 41.6 Å². The summed E-state index contributed by atoms with van der Waals surface area (Å²) < 4.78 is 18.8. The molecule has 24 heavy (non-hydrogen) atoms. The van der Waals surface area contributed by atoms with E-state index < -0.39 is 0 Å². The van der Waals surface area contributed by atoms with Crippen molar-refractivity contribution in [2.24, 2.45) is 0 Å². The number of carbonyl (C=O) groups is 1. The van der Waals surface area contributed by atoms with Crippen molar-refractivity contribution in [3.8, 4) is 0 Å². The minimum Gasteiger partial charge on any atom is -0.378 e. The van der Waals surface area contributed by atoms with Gasteiger partial charge in [0.05, 0.1) is 12.1 Å². The molecule has 2 rings (SSSR count).